The van der Waals surface area contributed by atoms with Gasteiger partial charge >= 0.3 is 0 Å². The van der Waals surface area contributed by atoms with Crippen LogP contribution >= 0.6 is 11.6 Å². The summed E-state index contributed by atoms with van der Waals surface area (Å²) in [6, 6.07) is 7.12. The molecule has 1 atom stereocenters. The van der Waals surface area contributed by atoms with Gasteiger partial charge in [-0.25, -0.2) is 13.1 Å². The molecule has 18 heavy (non-hydrogen) atoms. The number of sulfonamides is 1. The molecule has 0 aliphatic heterocycles. The molecule has 5 heteroatoms. The maximum Gasteiger partial charge on any atom is 0.240 e. The molecule has 1 unspecified atom stereocenters. The Morgan fingerprint density at radius 2 is 1.94 bits per heavy atom. The zero-order valence-corrected chi connectivity index (χ0v) is 12.0. The lowest BCUT2D eigenvalue weighted by Gasteiger charge is -2.08. The van der Waals surface area contributed by atoms with Crippen LogP contribution in [0.15, 0.2) is 29.2 Å². The van der Waals surface area contributed by atoms with Crippen molar-refractivity contribution in [3.63, 3.8) is 0 Å². The standard InChI is InChI=1S/C13H18ClNO2S/c1-2-11(14)9-10-3-7-13(8-4-10)18(16,17)15-12-5-6-12/h3-4,7-8,11-12,15H,2,5-6,9H2,1H3. The molecule has 2 rings (SSSR count). The van der Waals surface area contributed by atoms with Gasteiger partial charge in [0.25, 0.3) is 0 Å². The van der Waals surface area contributed by atoms with Crippen LogP contribution in [-0.4, -0.2) is 19.8 Å². The summed E-state index contributed by atoms with van der Waals surface area (Å²) in [5.74, 6) is 0. The molecule has 1 aliphatic carbocycles. The molecule has 1 aromatic carbocycles. The molecule has 1 saturated carbocycles. The SMILES string of the molecule is CCC(Cl)Cc1ccc(S(=O)(=O)NC2CC2)cc1. The Morgan fingerprint density at radius 1 is 1.33 bits per heavy atom. The first-order chi connectivity index (χ1) is 8.51. The normalized spacial score (nSPS) is 17.7. The summed E-state index contributed by atoms with van der Waals surface area (Å²) in [7, 11) is -3.33. The minimum absolute atomic E-state index is 0.108. The molecule has 100 valence electrons. The van der Waals surface area contributed by atoms with Crippen molar-refractivity contribution >= 4 is 21.6 Å². The molecule has 0 saturated heterocycles. The highest BCUT2D eigenvalue weighted by Crippen LogP contribution is 2.22. The quantitative estimate of drug-likeness (QED) is 0.818. The first-order valence-electron chi connectivity index (χ1n) is 6.26. The van der Waals surface area contributed by atoms with E-state index in [1.54, 1.807) is 12.1 Å². The van der Waals surface area contributed by atoms with E-state index in [1.807, 2.05) is 19.1 Å². The summed E-state index contributed by atoms with van der Waals surface area (Å²) in [6.07, 6.45) is 3.57. The highest BCUT2D eigenvalue weighted by atomic mass is 35.5. The summed E-state index contributed by atoms with van der Waals surface area (Å²) in [6.45, 7) is 2.04. The number of halogens is 1. The van der Waals surface area contributed by atoms with Gasteiger partial charge in [0, 0.05) is 11.4 Å². The van der Waals surface area contributed by atoms with Gasteiger partial charge < -0.3 is 0 Å². The average molecular weight is 288 g/mol. The van der Waals surface area contributed by atoms with Crippen molar-refractivity contribution in [2.75, 3.05) is 0 Å². The van der Waals surface area contributed by atoms with Gasteiger partial charge in [-0.1, -0.05) is 19.1 Å². The van der Waals surface area contributed by atoms with E-state index in [1.165, 1.54) is 0 Å². The van der Waals surface area contributed by atoms with E-state index < -0.39 is 10.0 Å². The van der Waals surface area contributed by atoms with Gasteiger partial charge in [0.1, 0.15) is 0 Å². The Balaban J connectivity index is 2.06. The van der Waals surface area contributed by atoms with E-state index in [0.717, 1.165) is 31.2 Å². The van der Waals surface area contributed by atoms with E-state index in [9.17, 15) is 8.42 Å². The molecule has 1 fully saturated rings. The predicted octanol–water partition coefficient (Wildman–Crippen LogP) is 2.69. The van der Waals surface area contributed by atoms with Gasteiger partial charge in [-0.15, -0.1) is 11.6 Å². The summed E-state index contributed by atoms with van der Waals surface area (Å²) in [5.41, 5.74) is 1.07. The molecule has 0 spiro atoms. The maximum absolute atomic E-state index is 11.9. The van der Waals surface area contributed by atoms with Crippen LogP contribution in [0.3, 0.4) is 0 Å². The van der Waals surface area contributed by atoms with E-state index in [0.29, 0.717) is 4.90 Å². The molecular formula is C13H18ClNO2S. The predicted molar refractivity (Wildman–Crippen MR) is 73.4 cm³/mol. The molecule has 1 N–H and O–H groups in total. The molecule has 0 heterocycles. The van der Waals surface area contributed by atoms with E-state index in [2.05, 4.69) is 4.72 Å². The summed E-state index contributed by atoms with van der Waals surface area (Å²) in [5, 5.41) is 0.108. The fourth-order valence-electron chi connectivity index (χ4n) is 1.69. The van der Waals surface area contributed by atoms with Crippen molar-refractivity contribution in [2.45, 2.75) is 48.9 Å². The van der Waals surface area contributed by atoms with Gasteiger partial charge in [0.05, 0.1) is 4.90 Å². The number of nitrogens with one attached hydrogen (secondary N) is 1. The van der Waals surface area contributed by atoms with Gasteiger partial charge in [-0.05, 0) is 43.4 Å². The van der Waals surface area contributed by atoms with E-state index in [4.69, 9.17) is 11.6 Å². The number of benzene rings is 1. The molecule has 1 aromatic rings. The molecular weight excluding hydrogens is 270 g/mol. The van der Waals surface area contributed by atoms with Crippen molar-refractivity contribution in [3.8, 4) is 0 Å². The van der Waals surface area contributed by atoms with Crippen LogP contribution < -0.4 is 4.72 Å². The average Bonchev–Trinajstić information content (AvgIpc) is 3.13. The second-order valence-corrected chi connectivity index (χ2v) is 7.08. The molecule has 0 radical (unpaired) electrons. The Morgan fingerprint density at radius 3 is 2.44 bits per heavy atom. The van der Waals surface area contributed by atoms with Crippen LogP contribution in [0.1, 0.15) is 31.7 Å². The number of rotatable bonds is 6. The van der Waals surface area contributed by atoms with Crippen molar-refractivity contribution in [1.82, 2.24) is 4.72 Å². The van der Waals surface area contributed by atoms with Crippen molar-refractivity contribution in [3.05, 3.63) is 29.8 Å². The van der Waals surface area contributed by atoms with Gasteiger partial charge in [0.2, 0.25) is 10.0 Å². The van der Waals surface area contributed by atoms with Crippen molar-refractivity contribution in [1.29, 1.82) is 0 Å². The molecule has 1 aliphatic rings. The van der Waals surface area contributed by atoms with Crippen molar-refractivity contribution < 1.29 is 8.42 Å². The van der Waals surface area contributed by atoms with Gasteiger partial charge in [-0.3, -0.25) is 0 Å². The Hall–Kier alpha value is -0.580. The van der Waals surface area contributed by atoms with Gasteiger partial charge in [0.15, 0.2) is 0 Å². The highest BCUT2D eigenvalue weighted by Gasteiger charge is 2.27. The van der Waals surface area contributed by atoms with Crippen LogP contribution in [-0.2, 0) is 16.4 Å². The number of hydrogen-bond donors (Lipinski definition) is 1. The van der Waals surface area contributed by atoms with Crippen LogP contribution in [0.5, 0.6) is 0 Å². The summed E-state index contributed by atoms with van der Waals surface area (Å²) >= 11 is 6.08. The zero-order chi connectivity index (χ0) is 13.2. The van der Waals surface area contributed by atoms with Crippen LogP contribution in [0, 0.1) is 0 Å². The molecule has 0 amide bonds. The molecule has 0 bridgehead atoms. The minimum Gasteiger partial charge on any atom is -0.208 e. The first-order valence-corrected chi connectivity index (χ1v) is 8.18. The third-order valence-electron chi connectivity index (χ3n) is 3.03. The lowest BCUT2D eigenvalue weighted by molar-refractivity contribution is 0.581. The number of alkyl halides is 1. The van der Waals surface area contributed by atoms with E-state index in [-0.39, 0.29) is 11.4 Å². The summed E-state index contributed by atoms with van der Waals surface area (Å²) < 4.78 is 26.5. The fourth-order valence-corrected chi connectivity index (χ4v) is 3.18. The Kier molecular flexibility index (Phi) is 4.30. The lowest BCUT2D eigenvalue weighted by Crippen LogP contribution is -2.25. The van der Waals surface area contributed by atoms with E-state index >= 15 is 0 Å². The minimum atomic E-state index is -3.33. The fraction of sp³-hybridized carbons (Fsp3) is 0.538. The van der Waals surface area contributed by atoms with Crippen LogP contribution in [0.2, 0.25) is 0 Å². The second-order valence-electron chi connectivity index (χ2n) is 4.75. The highest BCUT2D eigenvalue weighted by molar-refractivity contribution is 7.89. The van der Waals surface area contributed by atoms with Crippen LogP contribution in [0.4, 0.5) is 0 Å². The summed E-state index contributed by atoms with van der Waals surface area (Å²) in [4.78, 5) is 0.334. The van der Waals surface area contributed by atoms with Gasteiger partial charge in [-0.2, -0.15) is 0 Å². The lowest BCUT2D eigenvalue weighted by atomic mass is 10.1. The topological polar surface area (TPSA) is 46.2 Å². The van der Waals surface area contributed by atoms with Crippen LogP contribution in [0.25, 0.3) is 0 Å². The zero-order valence-electron chi connectivity index (χ0n) is 10.4. The molecule has 0 aromatic heterocycles. The number of hydrogen-bond acceptors (Lipinski definition) is 2. The third-order valence-corrected chi connectivity index (χ3v) is 5.03. The smallest absolute Gasteiger partial charge is 0.208 e. The van der Waals surface area contributed by atoms with Crippen molar-refractivity contribution in [2.24, 2.45) is 0 Å². The third kappa shape index (κ3) is 3.70. The largest absolute Gasteiger partial charge is 0.240 e. The Bertz CT molecular complexity index is 494. The Labute approximate surface area is 114 Å². The monoisotopic (exact) mass is 287 g/mol. The first kappa shape index (κ1) is 13.8. The molecule has 3 nitrogen and oxygen atoms in total. The second kappa shape index (κ2) is 5.59. The maximum atomic E-state index is 11.9.